The fourth-order valence-corrected chi connectivity index (χ4v) is 0.875. The molecule has 0 atom stereocenters. The molecule has 0 radical (unpaired) electrons. The van der Waals surface area contributed by atoms with Gasteiger partial charge in [0.25, 0.3) is 0 Å². The normalized spacial score (nSPS) is 12.4. The minimum Gasteiger partial charge on any atom is -0.308 e. The van der Waals surface area contributed by atoms with Crippen LogP contribution in [-0.2, 0) is 10.2 Å². The summed E-state index contributed by atoms with van der Waals surface area (Å²) in [7, 11) is -0.889. The average molecular weight is 155 g/mol. The Labute approximate surface area is 54.7 Å². The molecular weight excluding hydrogens is 145 g/mol. The van der Waals surface area contributed by atoms with E-state index >= 15 is 0 Å². The molecule has 5 heteroatoms. The second-order valence-electron chi connectivity index (χ2n) is 2.05. The quantitative estimate of drug-likeness (QED) is 0.532. The van der Waals surface area contributed by atoms with E-state index in [2.05, 4.69) is 0 Å². The molecule has 0 aliphatic heterocycles. The summed E-state index contributed by atoms with van der Waals surface area (Å²) in [5, 5.41) is 0. The van der Waals surface area contributed by atoms with Crippen LogP contribution in [0, 0.1) is 0 Å². The van der Waals surface area contributed by atoms with Gasteiger partial charge in [0.15, 0.2) is 0 Å². The molecule has 0 saturated carbocycles. The monoisotopic (exact) mass is 155 g/mol. The van der Waals surface area contributed by atoms with E-state index in [0.717, 1.165) is 0 Å². The Morgan fingerprint density at radius 1 is 1.44 bits per heavy atom. The molecule has 0 aromatic heterocycles. The van der Waals surface area contributed by atoms with Crippen LogP contribution in [0.1, 0.15) is 0 Å². The zero-order valence-electron chi connectivity index (χ0n) is 5.46. The van der Waals surface area contributed by atoms with Crippen molar-refractivity contribution < 1.29 is 12.3 Å². The van der Waals surface area contributed by atoms with Crippen LogP contribution < -0.4 is 0 Å². The Hall–Kier alpha value is -0.160. The lowest BCUT2D eigenvalue weighted by atomic mass is 10.7. The fraction of sp³-hybridized carbons (Fsp3) is 1.00. The van der Waals surface area contributed by atoms with Gasteiger partial charge in [-0.25, -0.2) is 0 Å². The predicted octanol–water partition coefficient (Wildman–Crippen LogP) is -0.153. The molecule has 0 heterocycles. The molecule has 0 aromatic carbocycles. The fourth-order valence-electron chi connectivity index (χ4n) is 0.292. The van der Waals surface area contributed by atoms with E-state index in [1.54, 1.807) is 19.0 Å². The van der Waals surface area contributed by atoms with E-state index in [-0.39, 0.29) is 6.54 Å². The molecule has 0 N–H and O–H groups in total. The van der Waals surface area contributed by atoms with Gasteiger partial charge in [-0.3, -0.25) is 0 Å². The molecule has 0 unspecified atom stereocenters. The number of hydrogen-bond acceptors (Lipinski definition) is 3. The smallest absolute Gasteiger partial charge is 0.303 e. The van der Waals surface area contributed by atoms with Gasteiger partial charge in [0.05, 0.1) is 5.75 Å². The largest absolute Gasteiger partial charge is 0.308 e. The summed E-state index contributed by atoms with van der Waals surface area (Å²) in [5.41, 5.74) is 0. The van der Waals surface area contributed by atoms with Crippen LogP contribution in [0.15, 0.2) is 0 Å². The first-order valence-corrected chi connectivity index (χ1v) is 4.04. The highest BCUT2D eigenvalue weighted by Crippen LogP contribution is 1.89. The van der Waals surface area contributed by atoms with Crippen LogP contribution in [0.5, 0.6) is 0 Å². The minimum atomic E-state index is -4.26. The number of hydrogen-bond donors (Lipinski definition) is 0. The first kappa shape index (κ1) is 8.84. The molecule has 0 saturated heterocycles. The second-order valence-corrected chi connectivity index (χ2v) is 3.53. The first-order chi connectivity index (χ1) is 3.92. The summed E-state index contributed by atoms with van der Waals surface area (Å²) in [6.07, 6.45) is 0. The van der Waals surface area contributed by atoms with Crippen molar-refractivity contribution in [3.05, 3.63) is 0 Å². The van der Waals surface area contributed by atoms with Crippen LogP contribution in [0.3, 0.4) is 0 Å². The van der Waals surface area contributed by atoms with Gasteiger partial charge in [-0.15, -0.1) is 3.89 Å². The summed E-state index contributed by atoms with van der Waals surface area (Å²) in [5.74, 6) is -0.417. The van der Waals surface area contributed by atoms with Crippen molar-refractivity contribution in [1.82, 2.24) is 4.90 Å². The van der Waals surface area contributed by atoms with E-state index in [4.69, 9.17) is 0 Å². The van der Waals surface area contributed by atoms with Crippen LogP contribution in [0.25, 0.3) is 0 Å². The number of rotatable bonds is 3. The summed E-state index contributed by atoms with van der Waals surface area (Å²) in [6.45, 7) is 0.235. The highest BCUT2D eigenvalue weighted by molar-refractivity contribution is 7.86. The lowest BCUT2D eigenvalue weighted by Gasteiger charge is -2.04. The standard InChI is InChI=1S/C4H10FNO2S/c1-6(2)3-4-9(5,7)8/h3-4H2,1-2H3. The molecule has 0 fully saturated rings. The Kier molecular flexibility index (Phi) is 3.07. The number of nitrogens with zero attached hydrogens (tertiary/aromatic N) is 1. The molecule has 0 bridgehead atoms. The molecular formula is C4H10FNO2S. The second kappa shape index (κ2) is 3.12. The van der Waals surface area contributed by atoms with E-state index in [9.17, 15) is 12.3 Å². The van der Waals surface area contributed by atoms with Gasteiger partial charge in [0.2, 0.25) is 0 Å². The van der Waals surface area contributed by atoms with Crippen molar-refractivity contribution in [3.8, 4) is 0 Å². The molecule has 0 aliphatic carbocycles. The van der Waals surface area contributed by atoms with Gasteiger partial charge >= 0.3 is 10.2 Å². The third kappa shape index (κ3) is 7.84. The maximum absolute atomic E-state index is 11.7. The van der Waals surface area contributed by atoms with Crippen molar-refractivity contribution in [2.24, 2.45) is 0 Å². The van der Waals surface area contributed by atoms with E-state index in [1.165, 1.54) is 0 Å². The zero-order valence-corrected chi connectivity index (χ0v) is 6.28. The lowest BCUT2D eigenvalue weighted by molar-refractivity contribution is 0.428. The van der Waals surface area contributed by atoms with Crippen LogP contribution in [0.2, 0.25) is 0 Å². The highest BCUT2D eigenvalue weighted by Gasteiger charge is 2.05. The van der Waals surface area contributed by atoms with Crippen molar-refractivity contribution in [2.75, 3.05) is 26.4 Å². The molecule has 3 nitrogen and oxygen atoms in total. The maximum Gasteiger partial charge on any atom is 0.303 e. The molecule has 0 amide bonds. The van der Waals surface area contributed by atoms with Gasteiger partial charge in [0, 0.05) is 6.54 Å². The molecule has 0 rings (SSSR count). The highest BCUT2D eigenvalue weighted by atomic mass is 32.3. The van der Waals surface area contributed by atoms with Crippen molar-refractivity contribution in [1.29, 1.82) is 0 Å². The van der Waals surface area contributed by atoms with Crippen molar-refractivity contribution >= 4 is 10.2 Å². The Bertz CT molecular complexity index is 163. The predicted molar refractivity (Wildman–Crippen MR) is 33.4 cm³/mol. The van der Waals surface area contributed by atoms with Crippen molar-refractivity contribution in [2.45, 2.75) is 0 Å². The van der Waals surface area contributed by atoms with Crippen LogP contribution in [-0.4, -0.2) is 39.7 Å². The molecule has 0 aliphatic rings. The number of halogens is 1. The topological polar surface area (TPSA) is 37.4 Å². The van der Waals surface area contributed by atoms with Gasteiger partial charge in [0.1, 0.15) is 0 Å². The van der Waals surface area contributed by atoms with Gasteiger partial charge in [-0.2, -0.15) is 8.42 Å². The van der Waals surface area contributed by atoms with Crippen LogP contribution in [0.4, 0.5) is 3.89 Å². The van der Waals surface area contributed by atoms with Gasteiger partial charge in [-0.1, -0.05) is 0 Å². The van der Waals surface area contributed by atoms with E-state index in [1.807, 2.05) is 0 Å². The Morgan fingerprint density at radius 3 is 2.00 bits per heavy atom. The van der Waals surface area contributed by atoms with Crippen molar-refractivity contribution in [3.63, 3.8) is 0 Å². The zero-order chi connectivity index (χ0) is 7.49. The molecule has 0 spiro atoms. The average Bonchev–Trinajstić information content (AvgIpc) is 1.59. The summed E-state index contributed by atoms with van der Waals surface area (Å²) >= 11 is 0. The first-order valence-electron chi connectivity index (χ1n) is 2.49. The third-order valence-corrected chi connectivity index (χ3v) is 1.45. The summed E-state index contributed by atoms with van der Waals surface area (Å²) in [4.78, 5) is 1.61. The lowest BCUT2D eigenvalue weighted by Crippen LogP contribution is -2.19. The molecule has 0 aromatic rings. The van der Waals surface area contributed by atoms with E-state index < -0.39 is 16.0 Å². The summed E-state index contributed by atoms with van der Waals surface area (Å²) < 4.78 is 31.4. The Balaban J connectivity index is 3.53. The summed E-state index contributed by atoms with van der Waals surface area (Å²) in [6, 6.07) is 0. The maximum atomic E-state index is 11.7. The third-order valence-electron chi connectivity index (χ3n) is 0.782. The molecule has 56 valence electrons. The SMILES string of the molecule is CN(C)CCS(=O)(=O)F. The van der Waals surface area contributed by atoms with E-state index in [0.29, 0.717) is 0 Å². The van der Waals surface area contributed by atoms with Gasteiger partial charge in [-0.05, 0) is 14.1 Å². The van der Waals surface area contributed by atoms with Crippen LogP contribution >= 0.6 is 0 Å². The molecule has 9 heavy (non-hydrogen) atoms. The Morgan fingerprint density at radius 2 is 1.89 bits per heavy atom. The van der Waals surface area contributed by atoms with Gasteiger partial charge < -0.3 is 4.90 Å². The minimum absolute atomic E-state index is 0.235.